The van der Waals surface area contributed by atoms with Gasteiger partial charge in [-0.2, -0.15) is 0 Å². The van der Waals surface area contributed by atoms with Crippen LogP contribution >= 0.6 is 0 Å². The van der Waals surface area contributed by atoms with Crippen molar-refractivity contribution in [2.75, 3.05) is 29.6 Å². The van der Waals surface area contributed by atoms with E-state index in [1.807, 2.05) is 12.1 Å². The summed E-state index contributed by atoms with van der Waals surface area (Å²) in [6, 6.07) is 9.98. The lowest BCUT2D eigenvalue weighted by atomic mass is 9.98. The van der Waals surface area contributed by atoms with E-state index in [0.717, 1.165) is 11.1 Å². The van der Waals surface area contributed by atoms with E-state index in [4.69, 9.17) is 4.78 Å². The molecule has 1 unspecified atom stereocenters. The monoisotopic (exact) mass is 499 g/mol. The highest BCUT2D eigenvalue weighted by Crippen LogP contribution is 2.34. The Bertz CT molecular complexity index is 1350. The highest BCUT2D eigenvalue weighted by Gasteiger charge is 2.33. The van der Waals surface area contributed by atoms with E-state index in [2.05, 4.69) is 15.3 Å². The predicted molar refractivity (Wildman–Crippen MR) is 133 cm³/mol. The number of halogens is 2. The average molecular weight is 500 g/mol. The van der Waals surface area contributed by atoms with Gasteiger partial charge in [0.15, 0.2) is 0 Å². The zero-order valence-corrected chi connectivity index (χ0v) is 20.4. The Labute approximate surface area is 203 Å². The second-order valence-electron chi connectivity index (χ2n) is 8.75. The van der Waals surface area contributed by atoms with Crippen molar-refractivity contribution in [3.63, 3.8) is 0 Å². The number of amides is 1. The smallest absolute Gasteiger partial charge is 0.259 e. The van der Waals surface area contributed by atoms with Crippen molar-refractivity contribution in [2.24, 2.45) is 0 Å². The van der Waals surface area contributed by atoms with Crippen LogP contribution in [-0.4, -0.2) is 45.4 Å². The summed E-state index contributed by atoms with van der Waals surface area (Å²) in [7, 11) is -2.97. The zero-order valence-electron chi connectivity index (χ0n) is 19.6. The number of hydrogen-bond acceptors (Lipinski definition) is 6. The number of nitrogens with zero attached hydrogens (tertiary/aromatic N) is 3. The second kappa shape index (κ2) is 9.69. The van der Waals surface area contributed by atoms with Gasteiger partial charge in [-0.1, -0.05) is 6.07 Å². The van der Waals surface area contributed by atoms with Crippen molar-refractivity contribution in [1.29, 1.82) is 4.78 Å². The SMILES string of the molecule is Cc1c(-c2ccncc2)cnc(N2CCCC(F)(F)CC2)c1C(=O)Nc1cccc(S(C)(=N)=O)c1. The lowest BCUT2D eigenvalue weighted by molar-refractivity contribution is -0.0102. The van der Waals surface area contributed by atoms with E-state index in [9.17, 15) is 17.8 Å². The number of carbonyl (C=O) groups is 1. The van der Waals surface area contributed by atoms with Gasteiger partial charge in [0.1, 0.15) is 5.82 Å². The van der Waals surface area contributed by atoms with Crippen molar-refractivity contribution in [1.82, 2.24) is 9.97 Å². The van der Waals surface area contributed by atoms with Gasteiger partial charge in [-0.15, -0.1) is 0 Å². The van der Waals surface area contributed by atoms with Crippen LogP contribution in [0.5, 0.6) is 0 Å². The molecular weight excluding hydrogens is 472 g/mol. The van der Waals surface area contributed by atoms with Gasteiger partial charge in [-0.3, -0.25) is 9.78 Å². The quantitative estimate of drug-likeness (QED) is 0.492. The largest absolute Gasteiger partial charge is 0.356 e. The molecule has 0 saturated carbocycles. The second-order valence-corrected chi connectivity index (χ2v) is 10.9. The standard InChI is InChI=1S/C25H27F2N5O2S/c1-17-21(18-7-11-29-12-8-18)16-30-23(32-13-4-9-25(26,27)10-14-32)22(17)24(33)31-19-5-3-6-20(15-19)35(2,28)34/h3,5-8,11-12,15-16,28H,4,9-10,13-14H2,1-2H3,(H,31,33). The summed E-state index contributed by atoms with van der Waals surface area (Å²) in [4.78, 5) is 24.3. The van der Waals surface area contributed by atoms with Crippen molar-refractivity contribution < 1.29 is 17.8 Å². The van der Waals surface area contributed by atoms with Gasteiger partial charge >= 0.3 is 0 Å². The minimum Gasteiger partial charge on any atom is -0.356 e. The molecule has 0 bridgehead atoms. The first-order valence-electron chi connectivity index (χ1n) is 11.2. The molecule has 0 radical (unpaired) electrons. The number of carbonyl (C=O) groups excluding carboxylic acids is 1. The minimum atomic E-state index is -2.97. The number of aromatic nitrogens is 2. The summed E-state index contributed by atoms with van der Waals surface area (Å²) in [5, 5.41) is 2.83. The maximum Gasteiger partial charge on any atom is 0.259 e. The number of benzene rings is 1. The molecule has 3 aromatic rings. The molecule has 2 N–H and O–H groups in total. The summed E-state index contributed by atoms with van der Waals surface area (Å²) in [6.07, 6.45) is 6.05. The lowest BCUT2D eigenvalue weighted by Gasteiger charge is -2.26. The van der Waals surface area contributed by atoms with Crippen LogP contribution < -0.4 is 10.2 Å². The fourth-order valence-corrected chi connectivity index (χ4v) is 4.90. The fraction of sp³-hybridized carbons (Fsp3) is 0.320. The van der Waals surface area contributed by atoms with Crippen LogP contribution in [-0.2, 0) is 9.73 Å². The number of pyridine rings is 2. The van der Waals surface area contributed by atoms with E-state index in [1.165, 1.54) is 12.3 Å². The Balaban J connectivity index is 1.77. The number of alkyl halides is 2. The molecule has 3 heterocycles. The Morgan fingerprint density at radius 2 is 1.91 bits per heavy atom. The molecular formula is C25H27F2N5O2S. The molecule has 0 aliphatic carbocycles. The maximum atomic E-state index is 14.0. The molecule has 1 aliphatic heterocycles. The third-order valence-electron chi connectivity index (χ3n) is 6.10. The summed E-state index contributed by atoms with van der Waals surface area (Å²) < 4.78 is 48.1. The lowest BCUT2D eigenvalue weighted by Crippen LogP contribution is -2.30. The van der Waals surface area contributed by atoms with Crippen LogP contribution in [0, 0.1) is 11.7 Å². The highest BCUT2D eigenvalue weighted by molar-refractivity contribution is 7.91. The van der Waals surface area contributed by atoms with Crippen molar-refractivity contribution >= 4 is 27.1 Å². The maximum absolute atomic E-state index is 14.0. The molecule has 1 amide bonds. The molecule has 184 valence electrons. The molecule has 2 aromatic heterocycles. The highest BCUT2D eigenvalue weighted by atomic mass is 32.2. The Kier molecular flexibility index (Phi) is 6.84. The number of nitrogens with one attached hydrogen (secondary N) is 2. The Hall–Kier alpha value is -3.40. The molecule has 7 nitrogen and oxygen atoms in total. The number of anilines is 2. The van der Waals surface area contributed by atoms with Crippen molar-refractivity contribution in [3.05, 3.63) is 66.1 Å². The summed E-state index contributed by atoms with van der Waals surface area (Å²) in [6.45, 7) is 2.26. The molecule has 1 aliphatic rings. The van der Waals surface area contributed by atoms with E-state index in [0.29, 0.717) is 28.5 Å². The van der Waals surface area contributed by atoms with Gasteiger partial charge in [-0.25, -0.2) is 22.8 Å². The molecule has 35 heavy (non-hydrogen) atoms. The molecule has 1 atom stereocenters. The summed E-state index contributed by atoms with van der Waals surface area (Å²) in [5.41, 5.74) is 2.90. The summed E-state index contributed by atoms with van der Waals surface area (Å²) >= 11 is 0. The van der Waals surface area contributed by atoms with E-state index in [-0.39, 0.29) is 31.4 Å². The predicted octanol–water partition coefficient (Wildman–Crippen LogP) is 5.37. The van der Waals surface area contributed by atoms with Crippen LogP contribution in [0.15, 0.2) is 59.9 Å². The van der Waals surface area contributed by atoms with Gasteiger partial charge in [0.2, 0.25) is 5.92 Å². The van der Waals surface area contributed by atoms with Crippen molar-refractivity contribution in [3.8, 4) is 11.1 Å². The molecule has 0 spiro atoms. The molecule has 1 saturated heterocycles. The third kappa shape index (κ3) is 5.64. The molecule has 1 aromatic carbocycles. The number of hydrogen-bond donors (Lipinski definition) is 2. The van der Waals surface area contributed by atoms with Crippen LogP contribution in [0.4, 0.5) is 20.3 Å². The Morgan fingerprint density at radius 1 is 1.17 bits per heavy atom. The molecule has 1 fully saturated rings. The molecule has 4 rings (SSSR count). The fourth-order valence-electron chi connectivity index (χ4n) is 4.21. The Morgan fingerprint density at radius 3 is 2.63 bits per heavy atom. The van der Waals surface area contributed by atoms with Crippen molar-refractivity contribution in [2.45, 2.75) is 37.0 Å². The molecule has 10 heteroatoms. The van der Waals surface area contributed by atoms with Crippen LogP contribution in [0.25, 0.3) is 11.1 Å². The third-order valence-corrected chi connectivity index (χ3v) is 7.25. The first-order chi connectivity index (χ1) is 16.5. The van der Waals surface area contributed by atoms with Gasteiger partial charge in [0.05, 0.1) is 15.3 Å². The average Bonchev–Trinajstić information content (AvgIpc) is 2.99. The van der Waals surface area contributed by atoms with Gasteiger partial charge in [0.25, 0.3) is 5.91 Å². The minimum absolute atomic E-state index is 0.0839. The topological polar surface area (TPSA) is 99.0 Å². The number of rotatable bonds is 5. The van der Waals surface area contributed by atoms with Crippen LogP contribution in [0.1, 0.15) is 35.2 Å². The van der Waals surface area contributed by atoms with Gasteiger partial charge in [-0.05, 0) is 54.8 Å². The first kappa shape index (κ1) is 24.7. The normalized spacial score (nSPS) is 17.3. The van der Waals surface area contributed by atoms with E-state index < -0.39 is 21.6 Å². The summed E-state index contributed by atoms with van der Waals surface area (Å²) in [5.74, 6) is -2.85. The van der Waals surface area contributed by atoms with Crippen LogP contribution in [0.3, 0.4) is 0 Å². The zero-order chi connectivity index (χ0) is 25.2. The first-order valence-corrected chi connectivity index (χ1v) is 13.2. The van der Waals surface area contributed by atoms with Crippen LogP contribution in [0.2, 0.25) is 0 Å². The van der Waals surface area contributed by atoms with Gasteiger partial charge < -0.3 is 10.2 Å². The van der Waals surface area contributed by atoms with E-state index in [1.54, 1.807) is 48.6 Å². The van der Waals surface area contributed by atoms with Gasteiger partial charge in [0, 0.05) is 66.9 Å². The van der Waals surface area contributed by atoms with E-state index >= 15 is 0 Å².